The van der Waals surface area contributed by atoms with Gasteiger partial charge in [-0.05, 0) is 54.2 Å². The molecule has 5 nitrogen and oxygen atoms in total. The molecule has 3 rings (SSSR count). The van der Waals surface area contributed by atoms with Gasteiger partial charge in [-0.1, -0.05) is 29.3 Å². The Morgan fingerprint density at radius 2 is 1.81 bits per heavy atom. The van der Waals surface area contributed by atoms with E-state index in [1.807, 2.05) is 0 Å². The van der Waals surface area contributed by atoms with Crippen LogP contribution in [0.2, 0.25) is 10.0 Å². The van der Waals surface area contributed by atoms with Gasteiger partial charge in [-0.15, -0.1) is 0 Å². The number of amides is 2. The standard InChI is InChI=1S/C18H13Cl2N3O2S/c1-10(24)21-11-5-7-12(8-6-11)22-18-23-17(25)16(26-18)9-13-14(19)3-2-4-15(13)20/h2-9H,1H3,(H,21,24)(H,22,23,25)/b16-9-. The fourth-order valence-electron chi connectivity index (χ4n) is 2.20. The molecule has 0 saturated carbocycles. The van der Waals surface area contributed by atoms with Crippen LogP contribution >= 0.6 is 35.0 Å². The van der Waals surface area contributed by atoms with Crippen molar-refractivity contribution >= 4 is 69.4 Å². The van der Waals surface area contributed by atoms with Crippen molar-refractivity contribution in [3.8, 4) is 0 Å². The Kier molecular flexibility index (Phi) is 5.66. The lowest BCUT2D eigenvalue weighted by Gasteiger charge is -2.02. The van der Waals surface area contributed by atoms with Gasteiger partial charge in [-0.25, -0.2) is 4.99 Å². The van der Waals surface area contributed by atoms with E-state index >= 15 is 0 Å². The Bertz CT molecular complexity index is 920. The van der Waals surface area contributed by atoms with E-state index in [9.17, 15) is 9.59 Å². The minimum absolute atomic E-state index is 0.143. The summed E-state index contributed by atoms with van der Waals surface area (Å²) >= 11 is 13.5. The zero-order valence-corrected chi connectivity index (χ0v) is 15.9. The fourth-order valence-corrected chi connectivity index (χ4v) is 3.53. The zero-order valence-electron chi connectivity index (χ0n) is 13.5. The largest absolute Gasteiger partial charge is 0.326 e. The highest BCUT2D eigenvalue weighted by Crippen LogP contribution is 2.32. The molecule has 0 aromatic heterocycles. The van der Waals surface area contributed by atoms with Crippen LogP contribution in [0.4, 0.5) is 11.4 Å². The number of anilines is 1. The summed E-state index contributed by atoms with van der Waals surface area (Å²) in [4.78, 5) is 28.0. The molecule has 2 amide bonds. The normalized spacial score (nSPS) is 16.8. The second-order valence-corrected chi connectivity index (χ2v) is 7.19. The Balaban J connectivity index is 1.80. The van der Waals surface area contributed by atoms with Crippen LogP contribution in [0.25, 0.3) is 6.08 Å². The van der Waals surface area contributed by atoms with Gasteiger partial charge >= 0.3 is 0 Å². The third-order valence-electron chi connectivity index (χ3n) is 3.34. The van der Waals surface area contributed by atoms with Gasteiger partial charge in [0.25, 0.3) is 5.91 Å². The number of carbonyl (C=O) groups is 2. The zero-order chi connectivity index (χ0) is 18.7. The monoisotopic (exact) mass is 405 g/mol. The van der Waals surface area contributed by atoms with Gasteiger partial charge in [0.1, 0.15) is 0 Å². The molecule has 2 N–H and O–H groups in total. The van der Waals surface area contributed by atoms with Gasteiger partial charge in [0.2, 0.25) is 5.91 Å². The third-order valence-corrected chi connectivity index (χ3v) is 4.91. The predicted octanol–water partition coefficient (Wildman–Crippen LogP) is 4.84. The Labute approximate surface area is 164 Å². The molecule has 2 aromatic rings. The van der Waals surface area contributed by atoms with Gasteiger partial charge in [0, 0.05) is 28.2 Å². The quantitative estimate of drug-likeness (QED) is 0.717. The van der Waals surface area contributed by atoms with Gasteiger partial charge in [0.05, 0.1) is 10.6 Å². The summed E-state index contributed by atoms with van der Waals surface area (Å²) in [5, 5.41) is 6.78. The summed E-state index contributed by atoms with van der Waals surface area (Å²) in [6.45, 7) is 1.44. The van der Waals surface area contributed by atoms with Crippen LogP contribution in [0.5, 0.6) is 0 Å². The summed E-state index contributed by atoms with van der Waals surface area (Å²) < 4.78 is 0. The minimum atomic E-state index is -0.264. The number of benzene rings is 2. The van der Waals surface area contributed by atoms with Crippen LogP contribution in [0.3, 0.4) is 0 Å². The third kappa shape index (κ3) is 4.46. The maximum Gasteiger partial charge on any atom is 0.264 e. The van der Waals surface area contributed by atoms with Crippen molar-refractivity contribution in [3.05, 3.63) is 63.0 Å². The Morgan fingerprint density at radius 1 is 1.15 bits per heavy atom. The first-order chi connectivity index (χ1) is 12.4. The minimum Gasteiger partial charge on any atom is -0.326 e. The van der Waals surface area contributed by atoms with Crippen molar-refractivity contribution < 1.29 is 9.59 Å². The van der Waals surface area contributed by atoms with Crippen LogP contribution < -0.4 is 10.6 Å². The summed E-state index contributed by atoms with van der Waals surface area (Å²) in [7, 11) is 0. The van der Waals surface area contributed by atoms with Crippen LogP contribution in [-0.4, -0.2) is 17.0 Å². The molecule has 0 radical (unpaired) electrons. The summed E-state index contributed by atoms with van der Waals surface area (Å²) in [6.07, 6.45) is 1.65. The molecule has 1 heterocycles. The van der Waals surface area contributed by atoms with Gasteiger partial charge < -0.3 is 10.6 Å². The van der Waals surface area contributed by atoms with Crippen LogP contribution in [0.1, 0.15) is 12.5 Å². The van der Waals surface area contributed by atoms with Crippen LogP contribution in [0.15, 0.2) is 52.4 Å². The summed E-state index contributed by atoms with van der Waals surface area (Å²) in [5.74, 6) is -0.407. The molecule has 0 aliphatic carbocycles. The molecule has 26 heavy (non-hydrogen) atoms. The number of carbonyl (C=O) groups excluding carboxylic acids is 2. The number of aliphatic imine (C=N–C) groups is 1. The highest BCUT2D eigenvalue weighted by molar-refractivity contribution is 8.18. The van der Waals surface area contributed by atoms with Crippen molar-refractivity contribution in [3.63, 3.8) is 0 Å². The van der Waals surface area contributed by atoms with Crippen molar-refractivity contribution in [1.82, 2.24) is 5.32 Å². The van der Waals surface area contributed by atoms with Crippen molar-refractivity contribution in [1.29, 1.82) is 0 Å². The first kappa shape index (κ1) is 18.5. The number of nitrogens with zero attached hydrogens (tertiary/aromatic N) is 1. The molecule has 1 fully saturated rings. The Morgan fingerprint density at radius 3 is 2.42 bits per heavy atom. The van der Waals surface area contributed by atoms with Crippen molar-refractivity contribution in [2.24, 2.45) is 4.99 Å². The average Bonchev–Trinajstić information content (AvgIpc) is 2.92. The first-order valence-corrected chi connectivity index (χ1v) is 9.11. The highest BCUT2D eigenvalue weighted by atomic mass is 35.5. The molecule has 0 unspecified atom stereocenters. The Hall–Kier alpha value is -2.28. The first-order valence-electron chi connectivity index (χ1n) is 7.53. The van der Waals surface area contributed by atoms with Crippen molar-refractivity contribution in [2.75, 3.05) is 5.32 Å². The molecule has 0 atom stereocenters. The van der Waals surface area contributed by atoms with Gasteiger partial charge in [0.15, 0.2) is 5.17 Å². The lowest BCUT2D eigenvalue weighted by molar-refractivity contribution is -0.115. The van der Waals surface area contributed by atoms with E-state index in [0.29, 0.717) is 37.1 Å². The molecule has 1 aliphatic heterocycles. The molecule has 8 heteroatoms. The van der Waals surface area contributed by atoms with Gasteiger partial charge in [-0.2, -0.15) is 0 Å². The molecule has 2 aromatic carbocycles. The van der Waals surface area contributed by atoms with E-state index in [0.717, 1.165) is 0 Å². The smallest absolute Gasteiger partial charge is 0.264 e. The SMILES string of the molecule is CC(=O)Nc1ccc(N=C2NC(=O)/C(=C/c3c(Cl)cccc3Cl)S2)cc1. The van der Waals surface area contributed by atoms with E-state index in [1.165, 1.54) is 18.7 Å². The van der Waals surface area contributed by atoms with Gasteiger partial charge in [-0.3, -0.25) is 9.59 Å². The predicted molar refractivity (Wildman–Crippen MR) is 108 cm³/mol. The molecule has 1 saturated heterocycles. The number of halogens is 2. The van der Waals surface area contributed by atoms with E-state index in [1.54, 1.807) is 48.5 Å². The number of thioether (sulfide) groups is 1. The average molecular weight is 406 g/mol. The molecule has 132 valence electrons. The highest BCUT2D eigenvalue weighted by Gasteiger charge is 2.24. The number of nitrogens with one attached hydrogen (secondary N) is 2. The number of rotatable bonds is 3. The van der Waals surface area contributed by atoms with Crippen molar-refractivity contribution in [2.45, 2.75) is 6.92 Å². The number of amidine groups is 1. The topological polar surface area (TPSA) is 70.6 Å². The second-order valence-electron chi connectivity index (χ2n) is 5.35. The molecule has 0 spiro atoms. The van der Waals surface area contributed by atoms with E-state index in [2.05, 4.69) is 15.6 Å². The lowest BCUT2D eigenvalue weighted by Crippen LogP contribution is -2.19. The number of hydrogen-bond donors (Lipinski definition) is 2. The maximum atomic E-state index is 12.2. The lowest BCUT2D eigenvalue weighted by atomic mass is 10.2. The summed E-state index contributed by atoms with van der Waals surface area (Å²) in [5.41, 5.74) is 1.92. The molecular weight excluding hydrogens is 393 g/mol. The molecule has 1 aliphatic rings. The summed E-state index contributed by atoms with van der Waals surface area (Å²) in [6, 6.07) is 12.1. The van der Waals surface area contributed by atoms with E-state index in [-0.39, 0.29) is 11.8 Å². The van der Waals surface area contributed by atoms with Crippen LogP contribution in [-0.2, 0) is 9.59 Å². The van der Waals surface area contributed by atoms with E-state index < -0.39 is 0 Å². The molecule has 0 bridgehead atoms. The second kappa shape index (κ2) is 7.95. The molecular formula is C18H13Cl2N3O2S. The fraction of sp³-hybridized carbons (Fsp3) is 0.0556. The van der Waals surface area contributed by atoms with E-state index in [4.69, 9.17) is 23.2 Å². The maximum absolute atomic E-state index is 12.2. The van der Waals surface area contributed by atoms with Crippen LogP contribution in [0, 0.1) is 0 Å². The number of hydrogen-bond acceptors (Lipinski definition) is 4.